The van der Waals surface area contributed by atoms with Crippen LogP contribution in [-0.2, 0) is 9.53 Å². The Balaban J connectivity index is 2.11. The van der Waals surface area contributed by atoms with Gasteiger partial charge in [-0.15, -0.1) is 0 Å². The quantitative estimate of drug-likeness (QED) is 0.789. The number of carbonyl (C=O) groups excluding carboxylic acids is 1. The zero-order valence-electron chi connectivity index (χ0n) is 13.8. The minimum atomic E-state index is -0.382. The number of ether oxygens (including phenoxy) is 1. The monoisotopic (exact) mass is 281 g/mol. The smallest absolute Gasteiger partial charge is 0.311 e. The van der Waals surface area contributed by atoms with Gasteiger partial charge in [-0.1, -0.05) is 26.7 Å². The van der Waals surface area contributed by atoms with E-state index in [0.717, 1.165) is 19.0 Å². The van der Waals surface area contributed by atoms with Crippen molar-refractivity contribution in [2.24, 2.45) is 23.2 Å². The van der Waals surface area contributed by atoms with E-state index in [9.17, 15) is 4.79 Å². The second kappa shape index (κ2) is 5.67. The summed E-state index contributed by atoms with van der Waals surface area (Å²) in [6.45, 7) is 12.3. The number of hydrogen-bond donors (Lipinski definition) is 1. The molecule has 1 aliphatic carbocycles. The summed E-state index contributed by atoms with van der Waals surface area (Å²) in [5.74, 6) is 1.52. The zero-order chi connectivity index (χ0) is 15.0. The summed E-state index contributed by atoms with van der Waals surface area (Å²) in [5, 5.41) is 3.46. The average molecular weight is 281 g/mol. The van der Waals surface area contributed by atoms with Crippen molar-refractivity contribution in [2.75, 3.05) is 13.1 Å². The van der Waals surface area contributed by atoms with Gasteiger partial charge in [-0.2, -0.15) is 0 Å². The molecule has 3 heteroatoms. The number of carbonyl (C=O) groups is 1. The molecule has 3 atom stereocenters. The Hall–Kier alpha value is -0.570. The molecular formula is C17H31NO2. The van der Waals surface area contributed by atoms with Gasteiger partial charge in [0.15, 0.2) is 0 Å². The summed E-state index contributed by atoms with van der Waals surface area (Å²) in [4.78, 5) is 12.5. The molecule has 3 nitrogen and oxygen atoms in total. The minimum Gasteiger partial charge on any atom is -0.460 e. The molecule has 20 heavy (non-hydrogen) atoms. The Morgan fingerprint density at radius 2 is 2.05 bits per heavy atom. The maximum absolute atomic E-state index is 12.5. The van der Waals surface area contributed by atoms with E-state index < -0.39 is 0 Å². The maximum Gasteiger partial charge on any atom is 0.311 e. The Morgan fingerprint density at radius 3 is 2.65 bits per heavy atom. The number of rotatable bonds is 2. The van der Waals surface area contributed by atoms with Crippen molar-refractivity contribution in [2.45, 2.75) is 65.9 Å². The minimum absolute atomic E-state index is 0.00639. The fraction of sp³-hybridized carbons (Fsp3) is 0.941. The normalized spacial score (nSPS) is 34.7. The van der Waals surface area contributed by atoms with Crippen molar-refractivity contribution in [3.05, 3.63) is 0 Å². The van der Waals surface area contributed by atoms with Crippen molar-refractivity contribution in [3.8, 4) is 0 Å². The number of nitrogens with one attached hydrogen (secondary N) is 1. The maximum atomic E-state index is 12.5. The fourth-order valence-electron chi connectivity index (χ4n) is 4.00. The molecule has 2 fully saturated rings. The Morgan fingerprint density at radius 1 is 1.35 bits per heavy atom. The first kappa shape index (κ1) is 15.8. The van der Waals surface area contributed by atoms with E-state index in [-0.39, 0.29) is 22.9 Å². The summed E-state index contributed by atoms with van der Waals surface area (Å²) < 4.78 is 5.67. The topological polar surface area (TPSA) is 38.3 Å². The Kier molecular flexibility index (Phi) is 4.48. The third-order valence-corrected chi connectivity index (χ3v) is 5.12. The average Bonchev–Trinajstić information content (AvgIpc) is 2.70. The summed E-state index contributed by atoms with van der Waals surface area (Å²) >= 11 is 0. The van der Waals surface area contributed by atoms with Gasteiger partial charge in [-0.05, 0) is 50.9 Å². The molecule has 0 bridgehead atoms. The van der Waals surface area contributed by atoms with Crippen molar-refractivity contribution in [1.29, 1.82) is 0 Å². The lowest BCUT2D eigenvalue weighted by Crippen LogP contribution is -2.42. The van der Waals surface area contributed by atoms with Crippen LogP contribution in [0.2, 0.25) is 0 Å². The first-order valence-corrected chi connectivity index (χ1v) is 8.17. The highest BCUT2D eigenvalue weighted by Gasteiger charge is 2.50. The van der Waals surface area contributed by atoms with Crippen LogP contribution in [0, 0.1) is 23.2 Å². The lowest BCUT2D eigenvalue weighted by molar-refractivity contribution is -0.164. The molecule has 0 aromatic carbocycles. The van der Waals surface area contributed by atoms with Crippen molar-refractivity contribution < 1.29 is 9.53 Å². The van der Waals surface area contributed by atoms with Crippen molar-refractivity contribution in [1.82, 2.24) is 5.32 Å². The van der Waals surface area contributed by atoms with Gasteiger partial charge in [0, 0.05) is 13.1 Å². The van der Waals surface area contributed by atoms with E-state index in [1.165, 1.54) is 25.7 Å². The van der Waals surface area contributed by atoms with Crippen LogP contribution < -0.4 is 5.32 Å². The first-order valence-electron chi connectivity index (χ1n) is 8.17. The van der Waals surface area contributed by atoms with Gasteiger partial charge in [0.05, 0.1) is 5.92 Å². The molecule has 3 unspecified atom stereocenters. The van der Waals surface area contributed by atoms with Gasteiger partial charge >= 0.3 is 5.97 Å². The van der Waals surface area contributed by atoms with E-state index in [2.05, 4.69) is 19.2 Å². The summed E-state index contributed by atoms with van der Waals surface area (Å²) in [7, 11) is 0. The van der Waals surface area contributed by atoms with Gasteiger partial charge in [0.25, 0.3) is 0 Å². The predicted molar refractivity (Wildman–Crippen MR) is 81.4 cm³/mol. The van der Waals surface area contributed by atoms with Crippen LogP contribution in [0.3, 0.4) is 0 Å². The number of hydrogen-bond acceptors (Lipinski definition) is 3. The van der Waals surface area contributed by atoms with Crippen LogP contribution in [0.4, 0.5) is 0 Å². The summed E-state index contributed by atoms with van der Waals surface area (Å²) in [6.07, 6.45) is 4.93. The van der Waals surface area contributed by atoms with Crippen LogP contribution in [0.15, 0.2) is 0 Å². The van der Waals surface area contributed by atoms with E-state index in [1.54, 1.807) is 0 Å². The van der Waals surface area contributed by atoms with Gasteiger partial charge in [0.2, 0.25) is 0 Å². The van der Waals surface area contributed by atoms with Crippen molar-refractivity contribution >= 4 is 5.97 Å². The third-order valence-electron chi connectivity index (χ3n) is 5.12. The molecule has 0 aromatic heterocycles. The van der Waals surface area contributed by atoms with E-state index >= 15 is 0 Å². The molecule has 1 N–H and O–H groups in total. The summed E-state index contributed by atoms with van der Waals surface area (Å²) in [5.41, 5.74) is -0.234. The highest BCUT2D eigenvalue weighted by atomic mass is 16.6. The molecule has 1 heterocycles. The lowest BCUT2D eigenvalue weighted by atomic mass is 9.62. The van der Waals surface area contributed by atoms with Gasteiger partial charge < -0.3 is 10.1 Å². The molecule has 0 radical (unpaired) electrons. The van der Waals surface area contributed by atoms with E-state index in [4.69, 9.17) is 4.74 Å². The lowest BCUT2D eigenvalue weighted by Gasteiger charge is -2.42. The fourth-order valence-corrected chi connectivity index (χ4v) is 4.00. The Labute approximate surface area is 123 Å². The first-order chi connectivity index (χ1) is 9.23. The SMILES string of the molecule is CC(C)C1CCCC2(CNCC2C(=O)OC(C)(C)C)C1. The Bertz CT molecular complexity index is 358. The molecule has 1 aliphatic heterocycles. The molecular weight excluding hydrogens is 250 g/mol. The highest BCUT2D eigenvalue weighted by Crippen LogP contribution is 2.49. The standard InChI is InChI=1S/C17H31NO2/c1-12(2)13-7-6-8-17(9-13)11-18-10-14(17)15(19)20-16(3,4)5/h12-14,18H,6-11H2,1-5H3. The molecule has 0 aromatic rings. The van der Waals surface area contributed by atoms with Crippen LogP contribution in [-0.4, -0.2) is 24.7 Å². The molecule has 2 rings (SSSR count). The molecule has 1 spiro atoms. The second-order valence-corrected chi connectivity index (χ2v) is 8.18. The summed E-state index contributed by atoms with van der Waals surface area (Å²) in [6, 6.07) is 0. The molecule has 116 valence electrons. The van der Waals surface area contributed by atoms with E-state index in [0.29, 0.717) is 5.92 Å². The van der Waals surface area contributed by atoms with E-state index in [1.807, 2.05) is 20.8 Å². The van der Waals surface area contributed by atoms with Crippen LogP contribution in [0.1, 0.15) is 60.3 Å². The number of esters is 1. The van der Waals surface area contributed by atoms with Crippen LogP contribution in [0.5, 0.6) is 0 Å². The van der Waals surface area contributed by atoms with Crippen LogP contribution >= 0.6 is 0 Å². The van der Waals surface area contributed by atoms with Crippen molar-refractivity contribution in [3.63, 3.8) is 0 Å². The van der Waals surface area contributed by atoms with Crippen LogP contribution in [0.25, 0.3) is 0 Å². The third kappa shape index (κ3) is 3.36. The predicted octanol–water partition coefficient (Wildman–Crippen LogP) is 3.38. The molecule has 1 saturated heterocycles. The molecule has 1 saturated carbocycles. The van der Waals surface area contributed by atoms with Gasteiger partial charge in [0.1, 0.15) is 5.60 Å². The molecule has 2 aliphatic rings. The van der Waals surface area contributed by atoms with Gasteiger partial charge in [-0.25, -0.2) is 0 Å². The molecule has 0 amide bonds. The largest absolute Gasteiger partial charge is 0.460 e. The zero-order valence-corrected chi connectivity index (χ0v) is 13.8. The second-order valence-electron chi connectivity index (χ2n) is 8.18. The van der Waals surface area contributed by atoms with Gasteiger partial charge in [-0.3, -0.25) is 4.79 Å². The highest BCUT2D eigenvalue weighted by molar-refractivity contribution is 5.74.